The van der Waals surface area contributed by atoms with Crippen molar-refractivity contribution >= 4 is 5.97 Å². The van der Waals surface area contributed by atoms with Gasteiger partial charge in [-0.1, -0.05) is 201 Å². The van der Waals surface area contributed by atoms with Gasteiger partial charge in [-0.05, 0) is 104 Å². The molecule has 3 N–H and O–H groups in total. The molecule has 4 fully saturated rings. The first-order valence-corrected chi connectivity index (χ1v) is 28.1. The molecule has 0 aromatic carbocycles. The number of aliphatic hydroxyl groups excluding tert-OH is 3. The number of rotatable bonds is 31. The summed E-state index contributed by atoms with van der Waals surface area (Å²) in [4.78, 5) is 12.7. The van der Waals surface area contributed by atoms with E-state index >= 15 is 0 Å². The Morgan fingerprint density at radius 1 is 0.688 bits per heavy atom. The van der Waals surface area contributed by atoms with Crippen LogP contribution in [0.15, 0.2) is 11.6 Å². The van der Waals surface area contributed by atoms with Crippen LogP contribution in [-0.4, -0.2) is 64.7 Å². The minimum Gasteiger partial charge on any atom is -0.463 e. The van der Waals surface area contributed by atoms with Gasteiger partial charge in [0.25, 0.3) is 0 Å². The van der Waals surface area contributed by atoms with Crippen LogP contribution in [0.25, 0.3) is 0 Å². The molecule has 64 heavy (non-hydrogen) atoms. The zero-order valence-electron chi connectivity index (χ0n) is 42.5. The van der Waals surface area contributed by atoms with Crippen molar-refractivity contribution in [3.05, 3.63) is 11.6 Å². The summed E-state index contributed by atoms with van der Waals surface area (Å²) >= 11 is 0. The monoisotopic (exact) mass is 899 g/mol. The highest BCUT2D eigenvalue weighted by atomic mass is 16.7. The molecule has 5 aliphatic rings. The molecule has 0 radical (unpaired) electrons. The van der Waals surface area contributed by atoms with Crippen LogP contribution in [0.2, 0.25) is 0 Å². The Kier molecular flexibility index (Phi) is 23.5. The summed E-state index contributed by atoms with van der Waals surface area (Å²) in [6.07, 6.45) is 37.8. The molecule has 0 aromatic rings. The SMILES string of the molecule is CCCCCCCCCCCCCCCCCCCCCCCC(=O)OCC1OC(OC2CCC3(C)C(=CCC4C3CCC3(C)C(C(C)CCCC(C)C)CCC43)C2)C(O)C(O)C1O. The zero-order chi connectivity index (χ0) is 46.0. The van der Waals surface area contributed by atoms with Gasteiger partial charge in [-0.15, -0.1) is 0 Å². The predicted molar refractivity (Wildman–Crippen MR) is 263 cm³/mol. The van der Waals surface area contributed by atoms with Crippen molar-refractivity contribution in [2.45, 2.75) is 290 Å². The number of fused-ring (bicyclic) bond motifs is 5. The van der Waals surface area contributed by atoms with Gasteiger partial charge in [-0.25, -0.2) is 0 Å². The van der Waals surface area contributed by atoms with E-state index in [9.17, 15) is 20.1 Å². The van der Waals surface area contributed by atoms with E-state index in [0.29, 0.717) is 17.8 Å². The highest BCUT2D eigenvalue weighted by Crippen LogP contribution is 2.67. The molecular formula is C57H102O7. The molecule has 3 saturated carbocycles. The molecule has 1 heterocycles. The van der Waals surface area contributed by atoms with E-state index in [1.165, 1.54) is 166 Å². The van der Waals surface area contributed by atoms with Crippen LogP contribution in [0, 0.1) is 46.3 Å². The first kappa shape index (κ1) is 54.0. The third-order valence-electron chi connectivity index (χ3n) is 18.1. The Hall–Kier alpha value is -0.990. The largest absolute Gasteiger partial charge is 0.463 e. The topological polar surface area (TPSA) is 105 Å². The van der Waals surface area contributed by atoms with E-state index in [2.05, 4.69) is 47.6 Å². The molecule has 7 heteroatoms. The van der Waals surface area contributed by atoms with Gasteiger partial charge in [0.2, 0.25) is 0 Å². The fourth-order valence-electron chi connectivity index (χ4n) is 14.1. The van der Waals surface area contributed by atoms with Gasteiger partial charge in [-0.2, -0.15) is 0 Å². The Morgan fingerprint density at radius 2 is 1.27 bits per heavy atom. The minimum absolute atomic E-state index is 0.137. The molecular weight excluding hydrogens is 797 g/mol. The minimum atomic E-state index is -1.44. The van der Waals surface area contributed by atoms with E-state index in [4.69, 9.17) is 14.2 Å². The second kappa shape index (κ2) is 27.9. The van der Waals surface area contributed by atoms with Crippen molar-refractivity contribution in [2.75, 3.05) is 6.61 Å². The summed E-state index contributed by atoms with van der Waals surface area (Å²) in [5.74, 6) is 4.45. The summed E-state index contributed by atoms with van der Waals surface area (Å²) in [7, 11) is 0. The van der Waals surface area contributed by atoms with Crippen LogP contribution < -0.4 is 0 Å². The van der Waals surface area contributed by atoms with Gasteiger partial charge in [-0.3, -0.25) is 4.79 Å². The lowest BCUT2D eigenvalue weighted by Crippen LogP contribution is -2.60. The molecule has 13 atom stereocenters. The zero-order valence-corrected chi connectivity index (χ0v) is 42.5. The lowest BCUT2D eigenvalue weighted by molar-refractivity contribution is -0.313. The maximum Gasteiger partial charge on any atom is 0.305 e. The summed E-state index contributed by atoms with van der Waals surface area (Å²) in [5.41, 5.74) is 2.15. The second-order valence-corrected chi connectivity index (χ2v) is 23.3. The number of ether oxygens (including phenoxy) is 3. The predicted octanol–water partition coefficient (Wildman–Crippen LogP) is 14.4. The Morgan fingerprint density at radius 3 is 1.84 bits per heavy atom. The number of hydrogen-bond donors (Lipinski definition) is 3. The van der Waals surface area contributed by atoms with Gasteiger partial charge in [0.05, 0.1) is 6.10 Å². The van der Waals surface area contributed by atoms with E-state index in [1.807, 2.05) is 0 Å². The first-order chi connectivity index (χ1) is 30.9. The molecule has 0 bridgehead atoms. The average molecular weight is 899 g/mol. The Balaban J connectivity index is 0.924. The van der Waals surface area contributed by atoms with Gasteiger partial charge < -0.3 is 29.5 Å². The van der Waals surface area contributed by atoms with Crippen LogP contribution >= 0.6 is 0 Å². The number of unbranched alkanes of at least 4 members (excludes halogenated alkanes) is 20. The number of allylic oxidation sites excluding steroid dienone is 1. The summed E-state index contributed by atoms with van der Waals surface area (Å²) in [6.45, 7) is 14.6. The van der Waals surface area contributed by atoms with Crippen molar-refractivity contribution in [1.29, 1.82) is 0 Å². The van der Waals surface area contributed by atoms with Crippen molar-refractivity contribution in [3.63, 3.8) is 0 Å². The summed E-state index contributed by atoms with van der Waals surface area (Å²) < 4.78 is 18.1. The van der Waals surface area contributed by atoms with Crippen LogP contribution in [0.4, 0.5) is 0 Å². The molecule has 1 aliphatic heterocycles. The first-order valence-electron chi connectivity index (χ1n) is 28.1. The summed E-state index contributed by atoms with van der Waals surface area (Å²) in [5, 5.41) is 32.6. The lowest BCUT2D eigenvalue weighted by atomic mass is 9.47. The van der Waals surface area contributed by atoms with Crippen molar-refractivity contribution in [1.82, 2.24) is 0 Å². The van der Waals surface area contributed by atoms with Gasteiger partial charge in [0.15, 0.2) is 6.29 Å². The molecule has 372 valence electrons. The van der Waals surface area contributed by atoms with Crippen LogP contribution in [0.1, 0.15) is 253 Å². The molecule has 5 rings (SSSR count). The van der Waals surface area contributed by atoms with Gasteiger partial charge >= 0.3 is 5.97 Å². The quantitative estimate of drug-likeness (QED) is 0.0361. The van der Waals surface area contributed by atoms with E-state index < -0.39 is 30.7 Å². The smallest absolute Gasteiger partial charge is 0.305 e. The number of esters is 1. The second-order valence-electron chi connectivity index (χ2n) is 23.3. The number of aliphatic hydroxyl groups is 3. The van der Waals surface area contributed by atoms with Crippen LogP contribution in [0.5, 0.6) is 0 Å². The van der Waals surface area contributed by atoms with Crippen molar-refractivity contribution in [3.8, 4) is 0 Å². The van der Waals surface area contributed by atoms with Crippen molar-refractivity contribution in [2.24, 2.45) is 46.3 Å². The van der Waals surface area contributed by atoms with Crippen LogP contribution in [-0.2, 0) is 19.0 Å². The molecule has 0 amide bonds. The molecule has 4 aliphatic carbocycles. The Bertz CT molecular complexity index is 1330. The molecule has 0 aromatic heterocycles. The molecule has 7 nitrogen and oxygen atoms in total. The highest BCUT2D eigenvalue weighted by Gasteiger charge is 2.59. The number of hydrogen-bond acceptors (Lipinski definition) is 7. The van der Waals surface area contributed by atoms with E-state index in [-0.39, 0.29) is 24.1 Å². The molecule has 13 unspecified atom stereocenters. The number of carbonyl (C=O) groups excluding carboxylic acids is 1. The van der Waals surface area contributed by atoms with E-state index in [0.717, 1.165) is 74.5 Å². The maximum absolute atomic E-state index is 12.7. The van der Waals surface area contributed by atoms with Crippen LogP contribution in [0.3, 0.4) is 0 Å². The lowest BCUT2D eigenvalue weighted by Gasteiger charge is -2.58. The third-order valence-corrected chi connectivity index (χ3v) is 18.1. The Labute approximate surface area is 393 Å². The third kappa shape index (κ3) is 15.5. The highest BCUT2D eigenvalue weighted by molar-refractivity contribution is 5.69. The molecule has 0 spiro atoms. The maximum atomic E-state index is 12.7. The van der Waals surface area contributed by atoms with Gasteiger partial charge in [0.1, 0.15) is 31.0 Å². The molecule has 1 saturated heterocycles. The fraction of sp³-hybridized carbons (Fsp3) is 0.947. The number of carbonyl (C=O) groups is 1. The fourth-order valence-corrected chi connectivity index (χ4v) is 14.1. The average Bonchev–Trinajstić information content (AvgIpc) is 3.64. The normalized spacial score (nSPS) is 34.2. The van der Waals surface area contributed by atoms with E-state index in [1.54, 1.807) is 0 Å². The summed E-state index contributed by atoms with van der Waals surface area (Å²) in [6, 6.07) is 0. The standard InChI is InChI=1S/C57H102O7/c1-7-8-9-10-11-12-13-14-15-16-17-18-19-20-21-22-23-24-25-26-27-31-51(58)62-41-50-52(59)53(60)54(61)55(64-50)63-45-36-38-56(5)44(40-45)32-33-46-48-35-34-47(43(4)30-28-29-42(2)3)57(48,6)39-37-49(46)56/h32,42-43,45-50,52-55,59-61H,7-31,33-41H2,1-6H3. The van der Waals surface area contributed by atoms with Gasteiger partial charge in [0, 0.05) is 6.42 Å². The van der Waals surface area contributed by atoms with Crippen molar-refractivity contribution < 1.29 is 34.3 Å².